The molecule has 0 aliphatic carbocycles. The average molecular weight is 437 g/mol. The number of hydrazone groups is 1. The number of nitrogens with one attached hydrogen (secondary N) is 1. The monoisotopic (exact) mass is 436 g/mol. The van der Waals surface area contributed by atoms with Crippen LogP contribution >= 0.6 is 11.6 Å². The molecule has 3 rings (SSSR count). The molecule has 1 heterocycles. The molecule has 9 nitrogen and oxygen atoms in total. The minimum atomic E-state index is -3.87. The van der Waals surface area contributed by atoms with Gasteiger partial charge in [0.2, 0.25) is 10.0 Å². The maximum atomic E-state index is 12.9. The van der Waals surface area contributed by atoms with Gasteiger partial charge in [-0.25, -0.2) is 13.8 Å². The van der Waals surface area contributed by atoms with Gasteiger partial charge < -0.3 is 0 Å². The predicted molar refractivity (Wildman–Crippen MR) is 107 cm³/mol. The number of halogens is 1. The van der Waals surface area contributed by atoms with Crippen molar-refractivity contribution >= 4 is 39.4 Å². The topological polar surface area (TPSA) is 122 Å². The number of hydrogen-bond acceptors (Lipinski definition) is 6. The van der Waals surface area contributed by atoms with Crippen LogP contribution in [-0.4, -0.2) is 42.4 Å². The van der Waals surface area contributed by atoms with E-state index in [1.54, 1.807) is 6.07 Å². The van der Waals surface area contributed by atoms with Crippen molar-refractivity contribution in [3.63, 3.8) is 0 Å². The van der Waals surface area contributed by atoms with Gasteiger partial charge in [-0.05, 0) is 43.2 Å². The fourth-order valence-electron chi connectivity index (χ4n) is 3.03. The SMILES string of the molecule is O=C(N/N=C\c1ccccc1[N+](=O)[O-])[C@@H]1CCCN1S(=O)(=O)c1ccc(Cl)cc1. The summed E-state index contributed by atoms with van der Waals surface area (Å²) in [4.78, 5) is 23.0. The van der Waals surface area contributed by atoms with E-state index < -0.39 is 26.9 Å². The second kappa shape index (κ2) is 8.68. The Morgan fingerprint density at radius 3 is 2.62 bits per heavy atom. The number of rotatable bonds is 6. The van der Waals surface area contributed by atoms with E-state index in [0.29, 0.717) is 17.9 Å². The van der Waals surface area contributed by atoms with Gasteiger partial charge in [-0.2, -0.15) is 9.41 Å². The van der Waals surface area contributed by atoms with Crippen molar-refractivity contribution in [1.29, 1.82) is 0 Å². The van der Waals surface area contributed by atoms with Crippen molar-refractivity contribution in [3.8, 4) is 0 Å². The zero-order chi connectivity index (χ0) is 21.0. The summed E-state index contributed by atoms with van der Waals surface area (Å²) >= 11 is 5.81. The molecule has 0 unspecified atom stereocenters. The van der Waals surface area contributed by atoms with E-state index in [-0.39, 0.29) is 22.7 Å². The molecule has 1 atom stereocenters. The Morgan fingerprint density at radius 2 is 1.93 bits per heavy atom. The highest BCUT2D eigenvalue weighted by Gasteiger charge is 2.39. The number of carbonyl (C=O) groups is 1. The highest BCUT2D eigenvalue weighted by molar-refractivity contribution is 7.89. The number of carbonyl (C=O) groups excluding carboxylic acids is 1. The average Bonchev–Trinajstić information content (AvgIpc) is 3.19. The first-order chi connectivity index (χ1) is 13.8. The smallest absolute Gasteiger partial charge is 0.271 e. The van der Waals surface area contributed by atoms with Gasteiger partial charge in [-0.1, -0.05) is 23.7 Å². The summed E-state index contributed by atoms with van der Waals surface area (Å²) in [6.45, 7) is 0.205. The number of sulfonamides is 1. The molecule has 1 saturated heterocycles. The highest BCUT2D eigenvalue weighted by Crippen LogP contribution is 2.27. The van der Waals surface area contributed by atoms with Crippen molar-refractivity contribution in [1.82, 2.24) is 9.73 Å². The lowest BCUT2D eigenvalue weighted by Gasteiger charge is -2.22. The summed E-state index contributed by atoms with van der Waals surface area (Å²) < 4.78 is 26.9. The van der Waals surface area contributed by atoms with Gasteiger partial charge in [-0.3, -0.25) is 14.9 Å². The van der Waals surface area contributed by atoms with Crippen LogP contribution < -0.4 is 5.43 Å². The van der Waals surface area contributed by atoms with E-state index in [0.717, 1.165) is 10.5 Å². The number of nitro benzene ring substituents is 1. The van der Waals surface area contributed by atoms with Gasteiger partial charge >= 0.3 is 0 Å². The number of nitrogens with zero attached hydrogens (tertiary/aromatic N) is 3. The molecule has 2 aromatic carbocycles. The minimum Gasteiger partial charge on any atom is -0.271 e. The number of amides is 1. The lowest BCUT2D eigenvalue weighted by molar-refractivity contribution is -0.385. The molecule has 1 amide bonds. The summed E-state index contributed by atoms with van der Waals surface area (Å²) in [6, 6.07) is 10.7. The third kappa shape index (κ3) is 4.61. The van der Waals surface area contributed by atoms with Crippen molar-refractivity contribution in [2.45, 2.75) is 23.8 Å². The summed E-state index contributed by atoms with van der Waals surface area (Å²) in [5.74, 6) is -0.602. The standard InChI is InChI=1S/C18H17ClN4O5S/c19-14-7-9-15(10-8-14)29(27,28)22-11-3-6-17(22)18(24)21-20-12-13-4-1-2-5-16(13)23(25)26/h1-2,4-5,7-10,12,17H,3,6,11H2,(H,21,24)/b20-12-/t17-/m0/s1. The lowest BCUT2D eigenvalue weighted by atomic mass is 10.2. The summed E-state index contributed by atoms with van der Waals surface area (Å²) in [5.41, 5.74) is 2.35. The number of benzene rings is 2. The third-order valence-corrected chi connectivity index (χ3v) is 6.61. The molecular weight excluding hydrogens is 420 g/mol. The van der Waals surface area contributed by atoms with Gasteiger partial charge in [0.1, 0.15) is 6.04 Å². The first-order valence-corrected chi connectivity index (χ1v) is 10.5. The molecule has 1 aliphatic rings. The Bertz CT molecular complexity index is 1060. The normalized spacial score (nSPS) is 17.5. The fraction of sp³-hybridized carbons (Fsp3) is 0.222. The molecule has 0 bridgehead atoms. The molecule has 152 valence electrons. The van der Waals surface area contributed by atoms with Crippen molar-refractivity contribution in [2.24, 2.45) is 5.10 Å². The van der Waals surface area contributed by atoms with Gasteiger partial charge in [-0.15, -0.1) is 0 Å². The maximum absolute atomic E-state index is 12.9. The predicted octanol–water partition coefficient (Wildman–Crippen LogP) is 2.55. The zero-order valence-corrected chi connectivity index (χ0v) is 16.6. The van der Waals surface area contributed by atoms with E-state index in [4.69, 9.17) is 11.6 Å². The number of hydrogen-bond donors (Lipinski definition) is 1. The molecule has 0 saturated carbocycles. The molecule has 29 heavy (non-hydrogen) atoms. The van der Waals surface area contributed by atoms with Gasteiger partial charge in [0.15, 0.2) is 0 Å². The minimum absolute atomic E-state index is 0.0463. The molecular formula is C18H17ClN4O5S. The first-order valence-electron chi connectivity index (χ1n) is 8.64. The molecule has 1 aliphatic heterocycles. The number of para-hydroxylation sites is 1. The van der Waals surface area contributed by atoms with Gasteiger partial charge in [0.05, 0.1) is 21.6 Å². The second-order valence-corrected chi connectivity index (χ2v) is 8.60. The quantitative estimate of drug-likeness (QED) is 0.423. The van der Waals surface area contributed by atoms with Crippen LogP contribution in [0.3, 0.4) is 0 Å². The van der Waals surface area contributed by atoms with Crippen LogP contribution in [0.25, 0.3) is 0 Å². The van der Waals surface area contributed by atoms with Crippen LogP contribution in [0.2, 0.25) is 5.02 Å². The summed E-state index contributed by atoms with van der Waals surface area (Å²) in [6.07, 6.45) is 2.03. The van der Waals surface area contributed by atoms with Crippen LogP contribution in [0.1, 0.15) is 18.4 Å². The van der Waals surface area contributed by atoms with Crippen LogP contribution in [0.5, 0.6) is 0 Å². The first kappa shape index (κ1) is 20.9. The molecule has 1 N–H and O–H groups in total. The zero-order valence-electron chi connectivity index (χ0n) is 15.1. The molecule has 0 radical (unpaired) electrons. The second-order valence-electron chi connectivity index (χ2n) is 6.28. The van der Waals surface area contributed by atoms with E-state index in [1.165, 1.54) is 42.5 Å². The molecule has 11 heteroatoms. The maximum Gasteiger partial charge on any atom is 0.278 e. The van der Waals surface area contributed by atoms with Crippen LogP contribution in [-0.2, 0) is 14.8 Å². The lowest BCUT2D eigenvalue weighted by Crippen LogP contribution is -2.44. The van der Waals surface area contributed by atoms with Crippen molar-refractivity contribution in [3.05, 3.63) is 69.2 Å². The number of nitro groups is 1. The molecule has 0 spiro atoms. The Kier molecular flexibility index (Phi) is 6.26. The highest BCUT2D eigenvalue weighted by atomic mass is 35.5. The van der Waals surface area contributed by atoms with Crippen LogP contribution in [0.15, 0.2) is 58.5 Å². The van der Waals surface area contributed by atoms with E-state index in [9.17, 15) is 23.3 Å². The Hall–Kier alpha value is -2.82. The van der Waals surface area contributed by atoms with Crippen molar-refractivity contribution in [2.75, 3.05) is 6.54 Å². The largest absolute Gasteiger partial charge is 0.278 e. The van der Waals surface area contributed by atoms with Crippen LogP contribution in [0.4, 0.5) is 5.69 Å². The van der Waals surface area contributed by atoms with E-state index in [1.807, 2.05) is 0 Å². The summed E-state index contributed by atoms with van der Waals surface area (Å²) in [7, 11) is -3.87. The molecule has 2 aromatic rings. The van der Waals surface area contributed by atoms with Crippen LogP contribution in [0, 0.1) is 10.1 Å². The van der Waals surface area contributed by atoms with E-state index in [2.05, 4.69) is 10.5 Å². The Morgan fingerprint density at radius 1 is 1.24 bits per heavy atom. The Labute approximate surface area is 172 Å². The van der Waals surface area contributed by atoms with Gasteiger partial charge in [0, 0.05) is 17.6 Å². The molecule has 0 aromatic heterocycles. The molecule has 1 fully saturated rings. The summed E-state index contributed by atoms with van der Waals surface area (Å²) in [5, 5.41) is 15.2. The fourth-order valence-corrected chi connectivity index (χ4v) is 4.82. The third-order valence-electron chi connectivity index (χ3n) is 4.44. The van der Waals surface area contributed by atoms with Gasteiger partial charge in [0.25, 0.3) is 11.6 Å². The Balaban J connectivity index is 1.74. The van der Waals surface area contributed by atoms with E-state index >= 15 is 0 Å². The van der Waals surface area contributed by atoms with Crippen molar-refractivity contribution < 1.29 is 18.1 Å².